The molecule has 1 N–H and O–H groups in total. The minimum absolute atomic E-state index is 0.0455. The van der Waals surface area contributed by atoms with Crippen molar-refractivity contribution in [2.45, 2.75) is 38.6 Å². The van der Waals surface area contributed by atoms with Gasteiger partial charge < -0.3 is 19.7 Å². The number of likely N-dealkylation sites (tertiary alicyclic amines) is 1. The molecular weight excluding hydrogens is 382 g/mol. The van der Waals surface area contributed by atoms with Gasteiger partial charge in [-0.05, 0) is 42.5 Å². The van der Waals surface area contributed by atoms with Gasteiger partial charge in [0, 0.05) is 43.8 Å². The number of methoxy groups -OCH3 is 1. The standard InChI is InChI=1S/C23H29N3O4/c1-14(2)18-4-7-24-21-19(18)10-17(29-3)11-20(21)22(27)25-16-12-26(13-16)23(28)15-5-8-30-9-6-15/h4,7,10-11,14-16H,5-6,8-9,12-13H2,1-3H3,(H,25,27). The molecule has 2 fully saturated rings. The van der Waals surface area contributed by atoms with Crippen molar-refractivity contribution in [1.82, 2.24) is 15.2 Å². The zero-order valence-electron chi connectivity index (χ0n) is 17.8. The highest BCUT2D eigenvalue weighted by molar-refractivity contribution is 6.07. The number of benzene rings is 1. The van der Waals surface area contributed by atoms with Gasteiger partial charge in [-0.1, -0.05) is 13.8 Å². The normalized spacial score (nSPS) is 17.8. The number of pyridine rings is 1. The van der Waals surface area contributed by atoms with Crippen LogP contribution in [0.4, 0.5) is 0 Å². The van der Waals surface area contributed by atoms with E-state index in [4.69, 9.17) is 9.47 Å². The molecular formula is C23H29N3O4. The number of carbonyl (C=O) groups is 2. The third-order valence-electron chi connectivity index (χ3n) is 6.05. The fourth-order valence-corrected chi connectivity index (χ4v) is 4.26. The molecule has 7 nitrogen and oxygen atoms in total. The predicted octanol–water partition coefficient (Wildman–Crippen LogP) is 2.73. The van der Waals surface area contributed by atoms with E-state index < -0.39 is 0 Å². The van der Waals surface area contributed by atoms with Crippen LogP contribution in [0.1, 0.15) is 48.5 Å². The van der Waals surface area contributed by atoms with Crippen molar-refractivity contribution < 1.29 is 19.1 Å². The van der Waals surface area contributed by atoms with Crippen LogP contribution in [0.15, 0.2) is 24.4 Å². The van der Waals surface area contributed by atoms with Gasteiger partial charge in [-0.15, -0.1) is 0 Å². The number of ether oxygens (including phenoxy) is 2. The molecule has 0 spiro atoms. The second kappa shape index (κ2) is 8.60. The third-order valence-corrected chi connectivity index (χ3v) is 6.05. The Bertz CT molecular complexity index is 947. The second-order valence-electron chi connectivity index (χ2n) is 8.43. The molecule has 2 saturated heterocycles. The molecule has 1 aromatic heterocycles. The van der Waals surface area contributed by atoms with Crippen LogP contribution in [0.2, 0.25) is 0 Å². The van der Waals surface area contributed by atoms with Crippen molar-refractivity contribution in [2.75, 3.05) is 33.4 Å². The van der Waals surface area contributed by atoms with Crippen LogP contribution in [0.25, 0.3) is 10.9 Å². The summed E-state index contributed by atoms with van der Waals surface area (Å²) >= 11 is 0. The van der Waals surface area contributed by atoms with E-state index in [1.807, 2.05) is 17.0 Å². The zero-order chi connectivity index (χ0) is 21.3. The summed E-state index contributed by atoms with van der Waals surface area (Å²) < 4.78 is 10.8. The molecule has 3 heterocycles. The number of hydrogen-bond acceptors (Lipinski definition) is 5. The van der Waals surface area contributed by atoms with Gasteiger partial charge in [-0.25, -0.2) is 0 Å². The third kappa shape index (κ3) is 3.99. The minimum atomic E-state index is -0.185. The highest BCUT2D eigenvalue weighted by atomic mass is 16.5. The lowest BCUT2D eigenvalue weighted by molar-refractivity contribution is -0.143. The smallest absolute Gasteiger partial charge is 0.253 e. The molecule has 0 radical (unpaired) electrons. The maximum absolute atomic E-state index is 13.1. The first-order valence-corrected chi connectivity index (χ1v) is 10.6. The first-order valence-electron chi connectivity index (χ1n) is 10.6. The SMILES string of the molecule is COc1cc(C(=O)NC2CN(C(=O)C3CCOCC3)C2)c2nccc(C(C)C)c2c1. The summed E-state index contributed by atoms with van der Waals surface area (Å²) in [5.41, 5.74) is 2.31. The zero-order valence-corrected chi connectivity index (χ0v) is 17.8. The summed E-state index contributed by atoms with van der Waals surface area (Å²) in [5.74, 6) is 0.980. The Labute approximate surface area is 176 Å². The van der Waals surface area contributed by atoms with E-state index in [-0.39, 0.29) is 23.8 Å². The Kier molecular flexibility index (Phi) is 5.90. The number of fused-ring (bicyclic) bond motifs is 1. The minimum Gasteiger partial charge on any atom is -0.497 e. The van der Waals surface area contributed by atoms with Gasteiger partial charge in [-0.2, -0.15) is 0 Å². The lowest BCUT2D eigenvalue weighted by atomic mass is 9.95. The van der Waals surface area contributed by atoms with Crippen molar-refractivity contribution in [3.8, 4) is 5.75 Å². The number of amides is 2. The molecule has 2 aliphatic rings. The fraction of sp³-hybridized carbons (Fsp3) is 0.522. The van der Waals surface area contributed by atoms with Gasteiger partial charge in [0.25, 0.3) is 5.91 Å². The van der Waals surface area contributed by atoms with Gasteiger partial charge in [-0.3, -0.25) is 14.6 Å². The van der Waals surface area contributed by atoms with Gasteiger partial charge in [0.1, 0.15) is 5.75 Å². The van der Waals surface area contributed by atoms with Gasteiger partial charge >= 0.3 is 0 Å². The van der Waals surface area contributed by atoms with E-state index in [1.165, 1.54) is 0 Å². The molecule has 0 bridgehead atoms. The van der Waals surface area contributed by atoms with Crippen LogP contribution < -0.4 is 10.1 Å². The molecule has 160 valence electrons. The van der Waals surface area contributed by atoms with E-state index in [2.05, 4.69) is 24.1 Å². The summed E-state index contributed by atoms with van der Waals surface area (Å²) in [4.78, 5) is 32.0. The average molecular weight is 412 g/mol. The average Bonchev–Trinajstić information content (AvgIpc) is 2.74. The summed E-state index contributed by atoms with van der Waals surface area (Å²) in [5, 5.41) is 3.99. The molecule has 0 atom stereocenters. The van der Waals surface area contributed by atoms with Gasteiger partial charge in [0.2, 0.25) is 5.91 Å². The van der Waals surface area contributed by atoms with Crippen LogP contribution in [0, 0.1) is 5.92 Å². The van der Waals surface area contributed by atoms with Gasteiger partial charge in [0.05, 0.1) is 24.2 Å². The Morgan fingerprint density at radius 3 is 2.63 bits per heavy atom. The van der Waals surface area contributed by atoms with Gasteiger partial charge in [0.15, 0.2) is 0 Å². The first-order chi connectivity index (χ1) is 14.5. The Hall–Kier alpha value is -2.67. The Morgan fingerprint density at radius 1 is 1.23 bits per heavy atom. The van der Waals surface area contributed by atoms with Crippen LogP contribution in [-0.4, -0.2) is 61.2 Å². The number of carbonyl (C=O) groups excluding carboxylic acids is 2. The van der Waals surface area contributed by atoms with Crippen molar-refractivity contribution in [3.05, 3.63) is 35.5 Å². The lowest BCUT2D eigenvalue weighted by Crippen LogP contribution is -2.62. The van der Waals surface area contributed by atoms with Crippen molar-refractivity contribution >= 4 is 22.7 Å². The number of nitrogens with zero attached hydrogens (tertiary/aromatic N) is 2. The van der Waals surface area contributed by atoms with Crippen LogP contribution >= 0.6 is 0 Å². The van der Waals surface area contributed by atoms with E-state index in [9.17, 15) is 9.59 Å². The van der Waals surface area contributed by atoms with E-state index in [0.29, 0.717) is 49.1 Å². The molecule has 0 aliphatic carbocycles. The largest absolute Gasteiger partial charge is 0.497 e. The molecule has 2 aromatic rings. The molecule has 2 aliphatic heterocycles. The van der Waals surface area contributed by atoms with Crippen molar-refractivity contribution in [3.63, 3.8) is 0 Å². The van der Waals surface area contributed by atoms with Crippen LogP contribution in [0.3, 0.4) is 0 Å². The number of hydrogen-bond donors (Lipinski definition) is 1. The fourth-order valence-electron chi connectivity index (χ4n) is 4.26. The molecule has 2 amide bonds. The molecule has 4 rings (SSSR count). The Balaban J connectivity index is 1.48. The van der Waals surface area contributed by atoms with Crippen LogP contribution in [0.5, 0.6) is 5.75 Å². The predicted molar refractivity (Wildman–Crippen MR) is 114 cm³/mol. The van der Waals surface area contributed by atoms with Crippen LogP contribution in [-0.2, 0) is 9.53 Å². The maximum atomic E-state index is 13.1. The highest BCUT2D eigenvalue weighted by Gasteiger charge is 2.36. The number of aromatic nitrogens is 1. The monoisotopic (exact) mass is 411 g/mol. The van der Waals surface area contributed by atoms with E-state index in [0.717, 1.165) is 23.8 Å². The quantitative estimate of drug-likeness (QED) is 0.818. The summed E-state index contributed by atoms with van der Waals surface area (Å²) in [7, 11) is 1.60. The molecule has 1 aromatic carbocycles. The first kappa shape index (κ1) is 20.6. The lowest BCUT2D eigenvalue weighted by Gasteiger charge is -2.41. The maximum Gasteiger partial charge on any atom is 0.253 e. The topological polar surface area (TPSA) is 80.8 Å². The van der Waals surface area contributed by atoms with Crippen molar-refractivity contribution in [1.29, 1.82) is 0 Å². The van der Waals surface area contributed by atoms with Crippen molar-refractivity contribution in [2.24, 2.45) is 5.92 Å². The number of nitrogens with one attached hydrogen (secondary N) is 1. The molecule has 30 heavy (non-hydrogen) atoms. The molecule has 0 saturated carbocycles. The molecule has 7 heteroatoms. The number of rotatable bonds is 5. The van der Waals surface area contributed by atoms with E-state index in [1.54, 1.807) is 19.4 Å². The Morgan fingerprint density at radius 2 is 1.97 bits per heavy atom. The highest BCUT2D eigenvalue weighted by Crippen LogP contribution is 2.30. The summed E-state index contributed by atoms with van der Waals surface area (Å²) in [6.07, 6.45) is 3.32. The van der Waals surface area contributed by atoms with E-state index >= 15 is 0 Å². The molecule has 0 unspecified atom stereocenters. The summed E-state index contributed by atoms with van der Waals surface area (Å²) in [6, 6.07) is 5.61. The summed E-state index contributed by atoms with van der Waals surface area (Å²) in [6.45, 7) is 6.64. The second-order valence-corrected chi connectivity index (χ2v) is 8.43.